The van der Waals surface area contributed by atoms with E-state index < -0.39 is 0 Å². The average molecular weight is 205 g/mol. The van der Waals surface area contributed by atoms with Gasteiger partial charge < -0.3 is 4.90 Å². The molecule has 0 aliphatic heterocycles. The van der Waals surface area contributed by atoms with E-state index in [0.29, 0.717) is 0 Å². The molecule has 82 valence electrons. The van der Waals surface area contributed by atoms with Gasteiger partial charge in [0.05, 0.1) is 5.92 Å². The van der Waals surface area contributed by atoms with Crippen LogP contribution in [0.5, 0.6) is 0 Å². The Hall–Kier alpha value is -1.31. The van der Waals surface area contributed by atoms with Crippen molar-refractivity contribution in [2.24, 2.45) is 0 Å². The van der Waals surface area contributed by atoms with Crippen LogP contribution in [-0.4, -0.2) is 24.9 Å². The predicted octanol–water partition coefficient (Wildman–Crippen LogP) is 2.66. The molecule has 1 amide bonds. The van der Waals surface area contributed by atoms with Gasteiger partial charge in [-0.05, 0) is 12.0 Å². The fraction of sp³-hybridized carbons (Fsp3) is 0.462. The van der Waals surface area contributed by atoms with Gasteiger partial charge in [0, 0.05) is 14.1 Å². The average Bonchev–Trinajstić information content (AvgIpc) is 2.26. The van der Waals surface area contributed by atoms with Gasteiger partial charge >= 0.3 is 0 Å². The van der Waals surface area contributed by atoms with Crippen molar-refractivity contribution in [3.63, 3.8) is 0 Å². The molecule has 0 spiro atoms. The highest BCUT2D eigenvalue weighted by Crippen LogP contribution is 2.22. The van der Waals surface area contributed by atoms with Crippen molar-refractivity contribution in [2.75, 3.05) is 14.1 Å². The Morgan fingerprint density at radius 1 is 1.27 bits per heavy atom. The third-order valence-corrected chi connectivity index (χ3v) is 2.52. The van der Waals surface area contributed by atoms with E-state index in [-0.39, 0.29) is 11.8 Å². The first-order valence-corrected chi connectivity index (χ1v) is 5.43. The van der Waals surface area contributed by atoms with Crippen LogP contribution in [0.4, 0.5) is 0 Å². The molecule has 0 saturated carbocycles. The van der Waals surface area contributed by atoms with Crippen LogP contribution in [0.3, 0.4) is 0 Å². The normalized spacial score (nSPS) is 12.2. The number of carbonyl (C=O) groups is 1. The van der Waals surface area contributed by atoms with Gasteiger partial charge in [0.15, 0.2) is 0 Å². The zero-order valence-electron chi connectivity index (χ0n) is 9.73. The molecule has 15 heavy (non-hydrogen) atoms. The van der Waals surface area contributed by atoms with Crippen LogP contribution in [-0.2, 0) is 4.79 Å². The van der Waals surface area contributed by atoms with E-state index in [1.165, 1.54) is 0 Å². The SMILES string of the molecule is CCC[C@H](C(=O)N(C)C)c1ccccc1. The van der Waals surface area contributed by atoms with Crippen molar-refractivity contribution in [2.45, 2.75) is 25.7 Å². The van der Waals surface area contributed by atoms with E-state index >= 15 is 0 Å². The summed E-state index contributed by atoms with van der Waals surface area (Å²) < 4.78 is 0. The summed E-state index contributed by atoms with van der Waals surface area (Å²) >= 11 is 0. The van der Waals surface area contributed by atoms with Crippen molar-refractivity contribution in [1.82, 2.24) is 4.90 Å². The Balaban J connectivity index is 2.88. The molecule has 1 rings (SSSR count). The highest BCUT2D eigenvalue weighted by atomic mass is 16.2. The van der Waals surface area contributed by atoms with Crippen molar-refractivity contribution in [3.05, 3.63) is 35.9 Å². The molecule has 0 aliphatic carbocycles. The predicted molar refractivity (Wildman–Crippen MR) is 62.8 cm³/mol. The third kappa shape index (κ3) is 3.08. The summed E-state index contributed by atoms with van der Waals surface area (Å²) in [5.74, 6) is 0.217. The molecule has 1 atom stereocenters. The molecule has 0 saturated heterocycles. The van der Waals surface area contributed by atoms with Gasteiger partial charge in [0.2, 0.25) is 5.91 Å². The number of hydrogen-bond donors (Lipinski definition) is 0. The van der Waals surface area contributed by atoms with Crippen LogP contribution in [0.2, 0.25) is 0 Å². The quantitative estimate of drug-likeness (QED) is 0.740. The Morgan fingerprint density at radius 3 is 2.33 bits per heavy atom. The number of likely N-dealkylation sites (N-methyl/N-ethyl adjacent to an activating group) is 1. The number of nitrogens with zero attached hydrogens (tertiary/aromatic N) is 1. The summed E-state index contributed by atoms with van der Waals surface area (Å²) in [7, 11) is 3.63. The summed E-state index contributed by atoms with van der Waals surface area (Å²) in [4.78, 5) is 13.6. The maximum atomic E-state index is 12.0. The topological polar surface area (TPSA) is 20.3 Å². The Bertz CT molecular complexity index is 306. The molecule has 0 aromatic heterocycles. The van der Waals surface area contributed by atoms with Gasteiger partial charge in [-0.1, -0.05) is 43.7 Å². The van der Waals surface area contributed by atoms with Crippen LogP contribution >= 0.6 is 0 Å². The van der Waals surface area contributed by atoms with Gasteiger partial charge in [0.1, 0.15) is 0 Å². The van der Waals surface area contributed by atoms with Crippen molar-refractivity contribution in [1.29, 1.82) is 0 Å². The summed E-state index contributed by atoms with van der Waals surface area (Å²) in [5.41, 5.74) is 1.12. The number of amides is 1. The molecule has 0 aliphatic rings. The first-order chi connectivity index (χ1) is 7.16. The van der Waals surface area contributed by atoms with Gasteiger partial charge in [-0.2, -0.15) is 0 Å². The zero-order valence-corrected chi connectivity index (χ0v) is 9.73. The lowest BCUT2D eigenvalue weighted by Crippen LogP contribution is -2.28. The van der Waals surface area contributed by atoms with E-state index in [1.807, 2.05) is 44.4 Å². The molecule has 1 aromatic rings. The van der Waals surface area contributed by atoms with Gasteiger partial charge in [-0.15, -0.1) is 0 Å². The minimum atomic E-state index is 0.0196. The second kappa shape index (κ2) is 5.54. The van der Waals surface area contributed by atoms with Gasteiger partial charge in [0.25, 0.3) is 0 Å². The number of hydrogen-bond acceptors (Lipinski definition) is 1. The number of rotatable bonds is 4. The summed E-state index contributed by atoms with van der Waals surface area (Å²) in [5, 5.41) is 0. The lowest BCUT2D eigenvalue weighted by molar-refractivity contribution is -0.130. The first-order valence-electron chi connectivity index (χ1n) is 5.43. The van der Waals surface area contributed by atoms with Crippen molar-refractivity contribution >= 4 is 5.91 Å². The standard InChI is InChI=1S/C13H19NO/c1-4-8-12(13(15)14(2)3)11-9-6-5-7-10-11/h5-7,9-10,12H,4,8H2,1-3H3/t12-/m0/s1. The second-order valence-electron chi connectivity index (χ2n) is 3.98. The van der Waals surface area contributed by atoms with E-state index in [0.717, 1.165) is 18.4 Å². The highest BCUT2D eigenvalue weighted by Gasteiger charge is 2.20. The highest BCUT2D eigenvalue weighted by molar-refractivity contribution is 5.83. The smallest absolute Gasteiger partial charge is 0.229 e. The Morgan fingerprint density at radius 2 is 1.87 bits per heavy atom. The largest absolute Gasteiger partial charge is 0.348 e. The van der Waals surface area contributed by atoms with Gasteiger partial charge in [-0.3, -0.25) is 4.79 Å². The lowest BCUT2D eigenvalue weighted by atomic mass is 9.93. The molecule has 0 unspecified atom stereocenters. The van der Waals surface area contributed by atoms with Crippen molar-refractivity contribution < 1.29 is 4.79 Å². The van der Waals surface area contributed by atoms with Crippen LogP contribution in [0.1, 0.15) is 31.2 Å². The van der Waals surface area contributed by atoms with Crippen LogP contribution in [0.25, 0.3) is 0 Å². The zero-order chi connectivity index (χ0) is 11.3. The molecule has 0 N–H and O–H groups in total. The minimum absolute atomic E-state index is 0.0196. The van der Waals surface area contributed by atoms with Crippen LogP contribution in [0.15, 0.2) is 30.3 Å². The second-order valence-corrected chi connectivity index (χ2v) is 3.98. The Kier molecular flexibility index (Phi) is 4.35. The molecular weight excluding hydrogens is 186 g/mol. The molecule has 2 heteroatoms. The third-order valence-electron chi connectivity index (χ3n) is 2.52. The van der Waals surface area contributed by atoms with Crippen LogP contribution in [0, 0.1) is 0 Å². The van der Waals surface area contributed by atoms with E-state index in [4.69, 9.17) is 0 Å². The Labute approximate surface area is 91.9 Å². The fourth-order valence-electron chi connectivity index (χ4n) is 1.72. The molecule has 1 aromatic carbocycles. The molecule has 2 nitrogen and oxygen atoms in total. The molecule has 0 heterocycles. The van der Waals surface area contributed by atoms with E-state index in [1.54, 1.807) is 4.90 Å². The fourth-order valence-corrected chi connectivity index (χ4v) is 1.72. The lowest BCUT2D eigenvalue weighted by Gasteiger charge is -2.20. The van der Waals surface area contributed by atoms with E-state index in [9.17, 15) is 4.79 Å². The summed E-state index contributed by atoms with van der Waals surface area (Å²) in [6.45, 7) is 2.11. The molecular formula is C13H19NO. The van der Waals surface area contributed by atoms with E-state index in [2.05, 4.69) is 6.92 Å². The van der Waals surface area contributed by atoms with Crippen LogP contribution < -0.4 is 0 Å². The molecule has 0 radical (unpaired) electrons. The minimum Gasteiger partial charge on any atom is -0.348 e. The molecule has 0 fully saturated rings. The molecule has 0 bridgehead atoms. The summed E-state index contributed by atoms with van der Waals surface area (Å²) in [6.07, 6.45) is 1.94. The van der Waals surface area contributed by atoms with Crippen molar-refractivity contribution in [3.8, 4) is 0 Å². The number of benzene rings is 1. The monoisotopic (exact) mass is 205 g/mol. The summed E-state index contributed by atoms with van der Waals surface area (Å²) in [6, 6.07) is 10.0. The maximum absolute atomic E-state index is 12.0. The number of carbonyl (C=O) groups excluding carboxylic acids is 1. The first kappa shape index (κ1) is 11.8. The van der Waals surface area contributed by atoms with Gasteiger partial charge in [-0.25, -0.2) is 0 Å². The maximum Gasteiger partial charge on any atom is 0.229 e.